The molecule has 1 aromatic heterocycles. The second-order valence-corrected chi connectivity index (χ2v) is 6.14. The van der Waals surface area contributed by atoms with Gasteiger partial charge < -0.3 is 15.4 Å². The molecular formula is C16H22N4OS. The van der Waals surface area contributed by atoms with Crippen LogP contribution in [0.3, 0.4) is 0 Å². The summed E-state index contributed by atoms with van der Waals surface area (Å²) in [5.41, 5.74) is 1.23. The lowest BCUT2D eigenvalue weighted by atomic mass is 10.1. The SMILES string of the molecule is CN=C(NCCc1cccc(OC)c1)NCc1ncc(C)s1. The van der Waals surface area contributed by atoms with Crippen molar-refractivity contribution in [3.63, 3.8) is 0 Å². The Morgan fingerprint density at radius 3 is 2.91 bits per heavy atom. The summed E-state index contributed by atoms with van der Waals surface area (Å²) in [6, 6.07) is 8.11. The minimum atomic E-state index is 0.692. The summed E-state index contributed by atoms with van der Waals surface area (Å²) in [5, 5.41) is 7.64. The quantitative estimate of drug-likeness (QED) is 0.634. The van der Waals surface area contributed by atoms with Crippen LogP contribution in [0, 0.1) is 6.92 Å². The van der Waals surface area contributed by atoms with Crippen molar-refractivity contribution in [3.05, 3.63) is 45.9 Å². The van der Waals surface area contributed by atoms with E-state index in [-0.39, 0.29) is 0 Å². The molecule has 5 nitrogen and oxygen atoms in total. The van der Waals surface area contributed by atoms with Crippen LogP contribution < -0.4 is 15.4 Å². The Hall–Kier alpha value is -2.08. The summed E-state index contributed by atoms with van der Waals surface area (Å²) in [5.74, 6) is 1.68. The molecule has 2 N–H and O–H groups in total. The Morgan fingerprint density at radius 1 is 1.36 bits per heavy atom. The number of ether oxygens (including phenoxy) is 1. The van der Waals surface area contributed by atoms with Gasteiger partial charge in [0.2, 0.25) is 0 Å². The number of benzene rings is 1. The Balaban J connectivity index is 1.76. The Kier molecular flexibility index (Phi) is 6.21. The fourth-order valence-electron chi connectivity index (χ4n) is 2.02. The highest BCUT2D eigenvalue weighted by atomic mass is 32.1. The maximum Gasteiger partial charge on any atom is 0.191 e. The summed E-state index contributed by atoms with van der Waals surface area (Å²) in [4.78, 5) is 9.77. The highest BCUT2D eigenvalue weighted by molar-refractivity contribution is 7.11. The number of nitrogens with zero attached hydrogens (tertiary/aromatic N) is 2. The number of thiazole rings is 1. The first kappa shape index (κ1) is 16.3. The maximum atomic E-state index is 5.23. The number of rotatable bonds is 6. The third kappa shape index (κ3) is 5.04. The zero-order valence-electron chi connectivity index (χ0n) is 13.2. The third-order valence-corrected chi connectivity index (χ3v) is 4.05. The molecule has 0 spiro atoms. The Bertz CT molecular complexity index is 624. The number of guanidine groups is 1. The second kappa shape index (κ2) is 8.38. The van der Waals surface area contributed by atoms with Crippen LogP contribution in [0.1, 0.15) is 15.4 Å². The first-order valence-corrected chi connectivity index (χ1v) is 8.01. The standard InChI is InChI=1S/C16H22N4OS/c1-12-10-19-15(22-12)11-20-16(17-2)18-8-7-13-5-4-6-14(9-13)21-3/h4-6,9-10H,7-8,11H2,1-3H3,(H2,17,18,20). The topological polar surface area (TPSA) is 58.5 Å². The number of hydrogen-bond donors (Lipinski definition) is 2. The number of nitrogens with one attached hydrogen (secondary N) is 2. The van der Waals surface area contributed by atoms with E-state index in [1.165, 1.54) is 10.4 Å². The molecule has 2 aromatic rings. The van der Waals surface area contributed by atoms with Crippen LogP contribution in [0.4, 0.5) is 0 Å². The molecule has 118 valence electrons. The van der Waals surface area contributed by atoms with Crippen molar-refractivity contribution < 1.29 is 4.74 Å². The molecule has 1 aromatic carbocycles. The van der Waals surface area contributed by atoms with Gasteiger partial charge in [-0.2, -0.15) is 0 Å². The largest absolute Gasteiger partial charge is 0.497 e. The molecule has 1 heterocycles. The van der Waals surface area contributed by atoms with E-state index < -0.39 is 0 Å². The fourth-order valence-corrected chi connectivity index (χ4v) is 2.74. The van der Waals surface area contributed by atoms with Crippen LogP contribution in [-0.4, -0.2) is 31.6 Å². The zero-order valence-corrected chi connectivity index (χ0v) is 14.0. The minimum absolute atomic E-state index is 0.692. The smallest absolute Gasteiger partial charge is 0.191 e. The van der Waals surface area contributed by atoms with Crippen LogP contribution in [0.25, 0.3) is 0 Å². The summed E-state index contributed by atoms with van der Waals surface area (Å²) in [6.07, 6.45) is 2.80. The molecule has 0 aliphatic heterocycles. The van der Waals surface area contributed by atoms with E-state index in [1.54, 1.807) is 25.5 Å². The molecule has 0 aliphatic carbocycles. The van der Waals surface area contributed by atoms with Gasteiger partial charge in [-0.3, -0.25) is 4.99 Å². The molecule has 0 bridgehead atoms. The van der Waals surface area contributed by atoms with E-state index in [4.69, 9.17) is 4.74 Å². The van der Waals surface area contributed by atoms with Crippen LogP contribution in [0.15, 0.2) is 35.5 Å². The Labute approximate surface area is 135 Å². The normalized spacial score (nSPS) is 11.3. The van der Waals surface area contributed by atoms with E-state index in [0.29, 0.717) is 6.54 Å². The summed E-state index contributed by atoms with van der Waals surface area (Å²) in [7, 11) is 3.46. The molecule has 0 amide bonds. The fraction of sp³-hybridized carbons (Fsp3) is 0.375. The van der Waals surface area contributed by atoms with Crippen LogP contribution >= 0.6 is 11.3 Å². The van der Waals surface area contributed by atoms with Crippen molar-refractivity contribution >= 4 is 17.3 Å². The molecule has 0 aliphatic rings. The zero-order chi connectivity index (χ0) is 15.8. The number of aliphatic imine (C=N–C) groups is 1. The lowest BCUT2D eigenvalue weighted by molar-refractivity contribution is 0.414. The minimum Gasteiger partial charge on any atom is -0.497 e. The van der Waals surface area contributed by atoms with Crippen molar-refractivity contribution in [1.29, 1.82) is 0 Å². The summed E-state index contributed by atoms with van der Waals surface area (Å²) < 4.78 is 5.23. The van der Waals surface area contributed by atoms with Gasteiger partial charge in [0.05, 0.1) is 13.7 Å². The van der Waals surface area contributed by atoms with Crippen molar-refractivity contribution in [2.75, 3.05) is 20.7 Å². The van der Waals surface area contributed by atoms with E-state index >= 15 is 0 Å². The summed E-state index contributed by atoms with van der Waals surface area (Å²) in [6.45, 7) is 3.56. The van der Waals surface area contributed by atoms with Crippen LogP contribution in [-0.2, 0) is 13.0 Å². The van der Waals surface area contributed by atoms with E-state index in [0.717, 1.165) is 29.7 Å². The van der Waals surface area contributed by atoms with Gasteiger partial charge in [0, 0.05) is 24.7 Å². The monoisotopic (exact) mass is 318 g/mol. The summed E-state index contributed by atoms with van der Waals surface area (Å²) >= 11 is 1.69. The van der Waals surface area contributed by atoms with Gasteiger partial charge in [0.1, 0.15) is 10.8 Å². The van der Waals surface area contributed by atoms with Crippen molar-refractivity contribution in [3.8, 4) is 5.75 Å². The Morgan fingerprint density at radius 2 is 2.23 bits per heavy atom. The second-order valence-electron chi connectivity index (χ2n) is 4.82. The highest BCUT2D eigenvalue weighted by Crippen LogP contribution is 2.12. The molecule has 0 unspecified atom stereocenters. The molecule has 0 saturated heterocycles. The number of aromatic nitrogens is 1. The van der Waals surface area contributed by atoms with E-state index in [2.05, 4.69) is 39.7 Å². The number of aryl methyl sites for hydroxylation is 1. The van der Waals surface area contributed by atoms with Gasteiger partial charge >= 0.3 is 0 Å². The lowest BCUT2D eigenvalue weighted by Crippen LogP contribution is -2.37. The molecule has 0 saturated carbocycles. The van der Waals surface area contributed by atoms with Crippen molar-refractivity contribution in [2.24, 2.45) is 4.99 Å². The molecule has 0 radical (unpaired) electrons. The molecule has 22 heavy (non-hydrogen) atoms. The molecule has 2 rings (SSSR count). The number of methoxy groups -OCH3 is 1. The first-order chi connectivity index (χ1) is 10.7. The van der Waals surface area contributed by atoms with Gasteiger partial charge in [0.25, 0.3) is 0 Å². The van der Waals surface area contributed by atoms with Gasteiger partial charge in [-0.15, -0.1) is 11.3 Å². The van der Waals surface area contributed by atoms with Crippen molar-refractivity contribution in [1.82, 2.24) is 15.6 Å². The average Bonchev–Trinajstić information content (AvgIpc) is 2.96. The maximum absolute atomic E-state index is 5.23. The average molecular weight is 318 g/mol. The van der Waals surface area contributed by atoms with Gasteiger partial charge in [-0.25, -0.2) is 4.98 Å². The number of hydrogen-bond acceptors (Lipinski definition) is 4. The van der Waals surface area contributed by atoms with E-state index in [1.807, 2.05) is 18.3 Å². The first-order valence-electron chi connectivity index (χ1n) is 7.20. The van der Waals surface area contributed by atoms with Crippen LogP contribution in [0.2, 0.25) is 0 Å². The molecular weight excluding hydrogens is 296 g/mol. The predicted molar refractivity (Wildman–Crippen MR) is 91.8 cm³/mol. The third-order valence-electron chi connectivity index (χ3n) is 3.14. The molecule has 6 heteroatoms. The predicted octanol–water partition coefficient (Wildman–Crippen LogP) is 2.37. The van der Waals surface area contributed by atoms with Gasteiger partial charge in [0.15, 0.2) is 5.96 Å². The lowest BCUT2D eigenvalue weighted by Gasteiger charge is -2.11. The van der Waals surface area contributed by atoms with Crippen molar-refractivity contribution in [2.45, 2.75) is 19.9 Å². The van der Waals surface area contributed by atoms with Crippen LogP contribution in [0.5, 0.6) is 5.75 Å². The molecule has 0 atom stereocenters. The highest BCUT2D eigenvalue weighted by Gasteiger charge is 2.02. The van der Waals surface area contributed by atoms with Gasteiger partial charge in [-0.1, -0.05) is 12.1 Å². The van der Waals surface area contributed by atoms with E-state index in [9.17, 15) is 0 Å². The molecule has 0 fully saturated rings. The van der Waals surface area contributed by atoms with Gasteiger partial charge in [-0.05, 0) is 31.0 Å².